The Hall–Kier alpha value is -1.92. The van der Waals surface area contributed by atoms with Gasteiger partial charge in [-0.05, 0) is 49.7 Å². The van der Waals surface area contributed by atoms with Gasteiger partial charge in [0.25, 0.3) is 0 Å². The minimum Gasteiger partial charge on any atom is -0.344 e. The fourth-order valence-corrected chi connectivity index (χ4v) is 5.02. The highest BCUT2D eigenvalue weighted by molar-refractivity contribution is 6.30. The van der Waals surface area contributed by atoms with E-state index in [2.05, 4.69) is 27.1 Å². The lowest BCUT2D eigenvalue weighted by Gasteiger charge is -2.42. The van der Waals surface area contributed by atoms with Gasteiger partial charge in [0.2, 0.25) is 5.91 Å². The monoisotopic (exact) mass is 440 g/mol. The van der Waals surface area contributed by atoms with Crippen LogP contribution in [0.15, 0.2) is 54.6 Å². The molecule has 166 valence electrons. The van der Waals surface area contributed by atoms with Crippen LogP contribution in [0.3, 0.4) is 0 Å². The van der Waals surface area contributed by atoms with Crippen molar-refractivity contribution >= 4 is 17.5 Å². The number of hydrogen-bond donors (Lipinski definition) is 1. The summed E-state index contributed by atoms with van der Waals surface area (Å²) in [5.74, 6) is 0.0553. The van der Waals surface area contributed by atoms with Crippen LogP contribution in [0, 0.1) is 0 Å². The number of hydrogen-bond acceptors (Lipinski definition) is 4. The lowest BCUT2D eigenvalue weighted by atomic mass is 9.98. The van der Waals surface area contributed by atoms with Gasteiger partial charge in [-0.3, -0.25) is 14.6 Å². The fourth-order valence-electron chi connectivity index (χ4n) is 4.82. The maximum absolute atomic E-state index is 13.0. The van der Waals surface area contributed by atoms with E-state index in [4.69, 9.17) is 11.6 Å². The summed E-state index contributed by atoms with van der Waals surface area (Å²) in [5, 5.41) is 3.92. The lowest BCUT2D eigenvalue weighted by Crippen LogP contribution is -2.55. The molecule has 0 spiro atoms. The Kier molecular flexibility index (Phi) is 7.62. The van der Waals surface area contributed by atoms with Crippen molar-refractivity contribution in [3.63, 3.8) is 0 Å². The van der Waals surface area contributed by atoms with Crippen molar-refractivity contribution in [3.05, 3.63) is 70.7 Å². The third-order valence-electron chi connectivity index (χ3n) is 6.51. The number of halogens is 1. The third kappa shape index (κ3) is 6.07. The highest BCUT2D eigenvalue weighted by Crippen LogP contribution is 2.24. The standard InChI is InChI=1S/C25H33ClN4O/c1-28-12-6-11-23(18-28)30-15-13-29(14-16-30)19-24(31)27-25(20-7-3-2-4-8-20)21-9-5-10-22(26)17-21/h2-5,7-10,17,23,25H,6,11-16,18-19H2,1H3,(H,27,31). The molecule has 6 heteroatoms. The van der Waals surface area contributed by atoms with E-state index in [1.165, 1.54) is 25.9 Å². The predicted molar refractivity (Wildman–Crippen MR) is 126 cm³/mol. The Bertz CT molecular complexity index is 854. The van der Waals surface area contributed by atoms with Crippen LogP contribution in [-0.2, 0) is 4.79 Å². The van der Waals surface area contributed by atoms with Crippen LogP contribution in [0.1, 0.15) is 30.0 Å². The number of benzene rings is 2. The van der Waals surface area contributed by atoms with Crippen molar-refractivity contribution in [3.8, 4) is 0 Å². The summed E-state index contributed by atoms with van der Waals surface area (Å²) < 4.78 is 0. The molecule has 2 aromatic carbocycles. The number of likely N-dealkylation sites (tertiary alicyclic amines) is 1. The predicted octanol–water partition coefficient (Wildman–Crippen LogP) is 3.26. The normalized spacial score (nSPS) is 22.2. The molecule has 0 bridgehead atoms. The van der Waals surface area contributed by atoms with Crippen molar-refractivity contribution in [2.24, 2.45) is 0 Å². The van der Waals surface area contributed by atoms with E-state index < -0.39 is 0 Å². The molecular weight excluding hydrogens is 408 g/mol. The summed E-state index contributed by atoms with van der Waals surface area (Å²) in [4.78, 5) is 20.3. The Morgan fingerprint density at radius 1 is 1.03 bits per heavy atom. The first-order valence-corrected chi connectivity index (χ1v) is 11.7. The van der Waals surface area contributed by atoms with E-state index in [1.54, 1.807) is 0 Å². The Balaban J connectivity index is 1.34. The van der Waals surface area contributed by atoms with Gasteiger partial charge < -0.3 is 10.2 Å². The highest BCUT2D eigenvalue weighted by Gasteiger charge is 2.28. The Morgan fingerprint density at radius 2 is 1.77 bits per heavy atom. The maximum atomic E-state index is 13.0. The van der Waals surface area contributed by atoms with Crippen molar-refractivity contribution < 1.29 is 4.79 Å². The summed E-state index contributed by atoms with van der Waals surface area (Å²) in [7, 11) is 2.22. The molecule has 2 fully saturated rings. The van der Waals surface area contributed by atoms with Crippen molar-refractivity contribution in [1.82, 2.24) is 20.0 Å². The number of carbonyl (C=O) groups excluding carboxylic acids is 1. The average molecular weight is 441 g/mol. The summed E-state index contributed by atoms with van der Waals surface area (Å²) in [6.45, 7) is 6.79. The van der Waals surface area contributed by atoms with Crippen molar-refractivity contribution in [2.75, 3.05) is 52.9 Å². The number of rotatable bonds is 6. The van der Waals surface area contributed by atoms with Crippen molar-refractivity contribution in [1.29, 1.82) is 0 Å². The van der Waals surface area contributed by atoms with E-state index in [1.807, 2.05) is 54.6 Å². The molecular formula is C25H33ClN4O. The quantitative estimate of drug-likeness (QED) is 0.748. The average Bonchev–Trinajstić information content (AvgIpc) is 2.78. The van der Waals surface area contributed by atoms with Gasteiger partial charge in [-0.2, -0.15) is 0 Å². The molecule has 2 atom stereocenters. The zero-order valence-electron chi connectivity index (χ0n) is 18.3. The molecule has 1 N–H and O–H groups in total. The molecule has 4 rings (SSSR count). The number of nitrogens with zero attached hydrogens (tertiary/aromatic N) is 3. The minimum atomic E-state index is -0.202. The van der Waals surface area contributed by atoms with E-state index in [0.29, 0.717) is 17.6 Å². The number of carbonyl (C=O) groups is 1. The van der Waals surface area contributed by atoms with Crippen LogP contribution in [0.25, 0.3) is 0 Å². The zero-order valence-corrected chi connectivity index (χ0v) is 19.1. The smallest absolute Gasteiger partial charge is 0.234 e. The van der Waals surface area contributed by atoms with Gasteiger partial charge in [-0.25, -0.2) is 0 Å². The number of nitrogens with one attached hydrogen (secondary N) is 1. The van der Waals surface area contributed by atoms with Crippen LogP contribution in [0.2, 0.25) is 5.02 Å². The molecule has 0 radical (unpaired) electrons. The van der Waals surface area contributed by atoms with Crippen LogP contribution in [-0.4, -0.2) is 79.5 Å². The van der Waals surface area contributed by atoms with Gasteiger partial charge >= 0.3 is 0 Å². The number of likely N-dealkylation sites (N-methyl/N-ethyl adjacent to an activating group) is 1. The summed E-state index contributed by atoms with van der Waals surface area (Å²) >= 11 is 6.23. The Labute approximate surface area is 191 Å². The second-order valence-corrected chi connectivity index (χ2v) is 9.27. The number of piperidine rings is 1. The molecule has 31 heavy (non-hydrogen) atoms. The molecule has 1 amide bonds. The van der Waals surface area contributed by atoms with E-state index in [0.717, 1.165) is 37.3 Å². The molecule has 2 aromatic rings. The molecule has 2 heterocycles. The molecule has 2 saturated heterocycles. The fraction of sp³-hybridized carbons (Fsp3) is 0.480. The summed E-state index contributed by atoms with van der Waals surface area (Å²) in [6, 6.07) is 18.3. The first-order chi connectivity index (χ1) is 15.1. The molecule has 2 unspecified atom stereocenters. The second kappa shape index (κ2) is 10.6. The SMILES string of the molecule is CN1CCCC(N2CCN(CC(=O)NC(c3ccccc3)c3cccc(Cl)c3)CC2)C1. The largest absolute Gasteiger partial charge is 0.344 e. The first kappa shape index (κ1) is 22.3. The van der Waals surface area contributed by atoms with Crippen LogP contribution < -0.4 is 5.32 Å². The second-order valence-electron chi connectivity index (χ2n) is 8.84. The van der Waals surface area contributed by atoms with Gasteiger partial charge in [-0.15, -0.1) is 0 Å². The zero-order chi connectivity index (χ0) is 21.6. The van der Waals surface area contributed by atoms with Crippen LogP contribution >= 0.6 is 11.6 Å². The molecule has 2 aliphatic heterocycles. The Morgan fingerprint density at radius 3 is 2.48 bits per heavy atom. The molecule has 0 saturated carbocycles. The van der Waals surface area contributed by atoms with Crippen LogP contribution in [0.5, 0.6) is 0 Å². The number of piperazine rings is 1. The van der Waals surface area contributed by atoms with Gasteiger partial charge in [0, 0.05) is 43.8 Å². The lowest BCUT2D eigenvalue weighted by molar-refractivity contribution is -0.123. The molecule has 0 aromatic heterocycles. The molecule has 0 aliphatic carbocycles. The maximum Gasteiger partial charge on any atom is 0.234 e. The number of amides is 1. The molecule has 2 aliphatic rings. The van der Waals surface area contributed by atoms with Crippen LogP contribution in [0.4, 0.5) is 0 Å². The molecule has 5 nitrogen and oxygen atoms in total. The summed E-state index contributed by atoms with van der Waals surface area (Å²) in [5.41, 5.74) is 2.06. The topological polar surface area (TPSA) is 38.8 Å². The highest BCUT2D eigenvalue weighted by atomic mass is 35.5. The van der Waals surface area contributed by atoms with Crippen molar-refractivity contribution in [2.45, 2.75) is 24.9 Å². The minimum absolute atomic E-state index is 0.0553. The van der Waals surface area contributed by atoms with E-state index in [-0.39, 0.29) is 11.9 Å². The summed E-state index contributed by atoms with van der Waals surface area (Å²) in [6.07, 6.45) is 2.58. The first-order valence-electron chi connectivity index (χ1n) is 11.3. The van der Waals surface area contributed by atoms with E-state index >= 15 is 0 Å². The third-order valence-corrected chi connectivity index (χ3v) is 6.75. The van der Waals surface area contributed by atoms with Gasteiger partial charge in [0.05, 0.1) is 12.6 Å². The van der Waals surface area contributed by atoms with Gasteiger partial charge in [0.15, 0.2) is 0 Å². The van der Waals surface area contributed by atoms with E-state index in [9.17, 15) is 4.79 Å². The van der Waals surface area contributed by atoms with Gasteiger partial charge in [0.1, 0.15) is 0 Å². The van der Waals surface area contributed by atoms with Gasteiger partial charge in [-0.1, -0.05) is 54.1 Å².